The van der Waals surface area contributed by atoms with E-state index in [-0.39, 0.29) is 10.5 Å². The van der Waals surface area contributed by atoms with E-state index in [1.54, 1.807) is 6.33 Å². The van der Waals surface area contributed by atoms with Crippen molar-refractivity contribution in [3.63, 3.8) is 0 Å². The van der Waals surface area contributed by atoms with Gasteiger partial charge in [0.2, 0.25) is 0 Å². The largest absolute Gasteiger partial charge is 0.481 e. The van der Waals surface area contributed by atoms with E-state index >= 15 is 0 Å². The minimum Gasteiger partial charge on any atom is -0.481 e. The van der Waals surface area contributed by atoms with E-state index in [9.17, 15) is 4.79 Å². The van der Waals surface area contributed by atoms with E-state index in [0.29, 0.717) is 5.16 Å². The van der Waals surface area contributed by atoms with Gasteiger partial charge in [-0.15, -0.1) is 10.2 Å². The zero-order chi connectivity index (χ0) is 13.0. The minimum atomic E-state index is -0.824. The Bertz CT molecular complexity index is 416. The van der Waals surface area contributed by atoms with Gasteiger partial charge in [0, 0.05) is 11.3 Å². The van der Waals surface area contributed by atoms with Crippen molar-refractivity contribution < 1.29 is 9.90 Å². The molecule has 5 nitrogen and oxygen atoms in total. The number of carboxylic acid groups (broad SMARTS) is 1. The monoisotopic (exact) mass is 287 g/mol. The molecule has 1 fully saturated rings. The molecule has 7 heteroatoms. The van der Waals surface area contributed by atoms with Crippen molar-refractivity contribution in [2.24, 2.45) is 0 Å². The number of aromatic nitrogens is 3. The van der Waals surface area contributed by atoms with E-state index in [1.165, 1.54) is 37.4 Å². The predicted molar refractivity (Wildman–Crippen MR) is 73.1 cm³/mol. The van der Waals surface area contributed by atoms with Crippen LogP contribution in [0.3, 0.4) is 0 Å². The van der Waals surface area contributed by atoms with E-state index in [0.717, 1.165) is 6.54 Å². The third-order valence-corrected chi connectivity index (χ3v) is 5.68. The fourth-order valence-electron chi connectivity index (χ4n) is 2.35. The lowest BCUT2D eigenvalue weighted by molar-refractivity contribution is -0.133. The van der Waals surface area contributed by atoms with Gasteiger partial charge in [-0.25, -0.2) is 0 Å². The fraction of sp³-hybridized carbons (Fsp3) is 0.727. The van der Waals surface area contributed by atoms with Gasteiger partial charge in [-0.1, -0.05) is 24.6 Å². The van der Waals surface area contributed by atoms with Crippen LogP contribution < -0.4 is 0 Å². The summed E-state index contributed by atoms with van der Waals surface area (Å²) >= 11 is 3.14. The van der Waals surface area contributed by atoms with Gasteiger partial charge in [0.05, 0.1) is 5.75 Å². The molecule has 0 amide bonds. The molecule has 0 saturated heterocycles. The average Bonchev–Trinajstić information content (AvgIpc) is 2.97. The number of hydrogen-bond donors (Lipinski definition) is 1. The minimum absolute atomic E-state index is 0.0327. The molecule has 18 heavy (non-hydrogen) atoms. The van der Waals surface area contributed by atoms with Gasteiger partial charge in [0.15, 0.2) is 5.16 Å². The van der Waals surface area contributed by atoms with Crippen LogP contribution in [0.1, 0.15) is 25.7 Å². The van der Waals surface area contributed by atoms with Crippen LogP contribution in [-0.2, 0) is 11.3 Å². The number of rotatable bonds is 6. The van der Waals surface area contributed by atoms with Crippen LogP contribution in [0.2, 0.25) is 0 Å². The Morgan fingerprint density at radius 1 is 1.56 bits per heavy atom. The molecule has 0 aliphatic heterocycles. The van der Waals surface area contributed by atoms with Gasteiger partial charge >= 0.3 is 5.97 Å². The highest BCUT2D eigenvalue weighted by atomic mass is 32.2. The van der Waals surface area contributed by atoms with Crippen molar-refractivity contribution in [3.8, 4) is 0 Å². The number of carboxylic acids is 1. The molecule has 0 bridgehead atoms. The lowest BCUT2D eigenvalue weighted by Gasteiger charge is -2.27. The van der Waals surface area contributed by atoms with Gasteiger partial charge in [0.1, 0.15) is 6.33 Å². The molecule has 1 aromatic heterocycles. The third-order valence-electron chi connectivity index (χ3n) is 3.31. The van der Waals surface area contributed by atoms with E-state index in [2.05, 4.69) is 16.5 Å². The van der Waals surface area contributed by atoms with Gasteiger partial charge in [-0.2, -0.15) is 11.8 Å². The number of nitrogens with zero attached hydrogens (tertiary/aromatic N) is 3. The fourth-order valence-corrected chi connectivity index (χ4v) is 3.95. The highest BCUT2D eigenvalue weighted by Gasteiger charge is 2.34. The summed E-state index contributed by atoms with van der Waals surface area (Å²) in [4.78, 5) is 10.6. The number of hydrogen-bond acceptors (Lipinski definition) is 5. The predicted octanol–water partition coefficient (Wildman–Crippen LogP) is 2.13. The highest BCUT2D eigenvalue weighted by Crippen LogP contribution is 2.41. The summed E-state index contributed by atoms with van der Waals surface area (Å²) in [5.41, 5.74) is 0. The second-order valence-electron chi connectivity index (χ2n) is 4.52. The van der Waals surface area contributed by atoms with E-state index in [4.69, 9.17) is 5.11 Å². The van der Waals surface area contributed by atoms with Crippen LogP contribution in [0.5, 0.6) is 0 Å². The van der Waals surface area contributed by atoms with Crippen molar-refractivity contribution in [2.75, 3.05) is 12.0 Å². The Morgan fingerprint density at radius 3 is 2.89 bits per heavy atom. The molecular formula is C11H17N3O2S2. The van der Waals surface area contributed by atoms with E-state index < -0.39 is 5.97 Å². The summed E-state index contributed by atoms with van der Waals surface area (Å²) in [6, 6.07) is 0. The highest BCUT2D eigenvalue weighted by molar-refractivity contribution is 8.00. The van der Waals surface area contributed by atoms with Crippen molar-refractivity contribution in [3.05, 3.63) is 6.33 Å². The molecule has 1 aromatic rings. The standard InChI is InChI=1S/C11H17N3O2S2/c1-17-11(4-2-3-5-11)7-14-8-12-13-10(14)18-6-9(15)16/h8H,2-7H2,1H3,(H,15,16). The summed E-state index contributed by atoms with van der Waals surface area (Å²) in [6.07, 6.45) is 8.85. The molecule has 0 atom stereocenters. The zero-order valence-electron chi connectivity index (χ0n) is 10.3. The van der Waals surface area contributed by atoms with Gasteiger partial charge in [0.25, 0.3) is 0 Å². The van der Waals surface area contributed by atoms with Crippen LogP contribution in [0.4, 0.5) is 0 Å². The van der Waals surface area contributed by atoms with Crippen molar-refractivity contribution in [1.29, 1.82) is 0 Å². The molecule has 0 aromatic carbocycles. The lowest BCUT2D eigenvalue weighted by Crippen LogP contribution is -2.27. The molecule has 2 rings (SSSR count). The quantitative estimate of drug-likeness (QED) is 0.808. The molecule has 1 N–H and O–H groups in total. The SMILES string of the molecule is CSC1(Cn2cnnc2SCC(=O)O)CCCC1. The lowest BCUT2D eigenvalue weighted by atomic mass is 10.1. The third kappa shape index (κ3) is 3.20. The Morgan fingerprint density at radius 2 is 2.28 bits per heavy atom. The van der Waals surface area contributed by atoms with Gasteiger partial charge < -0.3 is 9.67 Å². The molecule has 0 spiro atoms. The maximum absolute atomic E-state index is 10.6. The van der Waals surface area contributed by atoms with Crippen LogP contribution >= 0.6 is 23.5 Å². The van der Waals surface area contributed by atoms with Crippen LogP contribution in [0, 0.1) is 0 Å². The molecule has 1 heterocycles. The maximum Gasteiger partial charge on any atom is 0.313 e. The number of thioether (sulfide) groups is 2. The van der Waals surface area contributed by atoms with E-state index in [1.807, 2.05) is 16.3 Å². The topological polar surface area (TPSA) is 68.0 Å². The number of carbonyl (C=O) groups is 1. The first-order valence-corrected chi connectivity index (χ1v) is 8.14. The summed E-state index contributed by atoms with van der Waals surface area (Å²) in [5, 5.41) is 17.3. The van der Waals surface area contributed by atoms with Crippen LogP contribution in [-0.4, -0.2) is 42.6 Å². The molecule has 0 unspecified atom stereocenters. The molecule has 100 valence electrons. The normalized spacial score (nSPS) is 18.1. The Labute approximate surface area is 115 Å². The molecule has 1 aliphatic carbocycles. The van der Waals surface area contributed by atoms with Crippen LogP contribution in [0.25, 0.3) is 0 Å². The van der Waals surface area contributed by atoms with Crippen molar-refractivity contribution in [2.45, 2.75) is 42.1 Å². The Kier molecular flexibility index (Phi) is 4.55. The Hall–Kier alpha value is -0.690. The average molecular weight is 287 g/mol. The van der Waals surface area contributed by atoms with Crippen molar-refractivity contribution in [1.82, 2.24) is 14.8 Å². The molecule has 0 radical (unpaired) electrons. The second kappa shape index (κ2) is 5.97. The summed E-state index contributed by atoms with van der Waals surface area (Å²) in [5.74, 6) is -0.791. The zero-order valence-corrected chi connectivity index (χ0v) is 12.0. The van der Waals surface area contributed by atoms with Crippen LogP contribution in [0.15, 0.2) is 11.5 Å². The first-order chi connectivity index (χ1) is 8.65. The van der Waals surface area contributed by atoms with Gasteiger partial charge in [-0.05, 0) is 19.1 Å². The second-order valence-corrected chi connectivity index (χ2v) is 6.73. The molecular weight excluding hydrogens is 270 g/mol. The first-order valence-electron chi connectivity index (χ1n) is 5.93. The number of aliphatic carboxylic acids is 1. The molecule has 1 saturated carbocycles. The van der Waals surface area contributed by atoms with Gasteiger partial charge in [-0.3, -0.25) is 4.79 Å². The Balaban J connectivity index is 2.04. The smallest absolute Gasteiger partial charge is 0.313 e. The summed E-state index contributed by atoms with van der Waals surface area (Å²) < 4.78 is 2.27. The maximum atomic E-state index is 10.6. The van der Waals surface area contributed by atoms with Crippen molar-refractivity contribution >= 4 is 29.5 Å². The molecule has 1 aliphatic rings. The summed E-state index contributed by atoms with van der Waals surface area (Å²) in [7, 11) is 0. The summed E-state index contributed by atoms with van der Waals surface area (Å²) in [6.45, 7) is 0.878. The first kappa shape index (κ1) is 13.7.